The van der Waals surface area contributed by atoms with Crippen molar-refractivity contribution in [2.45, 2.75) is 31.8 Å². The Balaban J connectivity index is 1.89. The first-order valence-electron chi connectivity index (χ1n) is 7.32. The summed E-state index contributed by atoms with van der Waals surface area (Å²) in [6, 6.07) is 16.9. The molecular formula is C18H22FNO. The van der Waals surface area contributed by atoms with E-state index in [1.807, 2.05) is 24.3 Å². The van der Waals surface area contributed by atoms with Crippen LogP contribution < -0.4 is 5.32 Å². The molecule has 21 heavy (non-hydrogen) atoms. The molecule has 0 bridgehead atoms. The smallest absolute Gasteiger partial charge is 0.123 e. The molecule has 2 aromatic rings. The summed E-state index contributed by atoms with van der Waals surface area (Å²) in [6.07, 6.45) is 1.52. The lowest BCUT2D eigenvalue weighted by molar-refractivity contribution is 0.232. The van der Waals surface area contributed by atoms with Crippen molar-refractivity contribution in [2.75, 3.05) is 6.61 Å². The predicted octanol–water partition coefficient (Wildman–Crippen LogP) is 2.95. The van der Waals surface area contributed by atoms with Crippen LogP contribution in [0.3, 0.4) is 0 Å². The highest BCUT2D eigenvalue weighted by molar-refractivity contribution is 5.18. The summed E-state index contributed by atoms with van der Waals surface area (Å²) in [5.74, 6) is -0.206. The van der Waals surface area contributed by atoms with Crippen molar-refractivity contribution in [3.05, 3.63) is 71.5 Å². The van der Waals surface area contributed by atoms with Gasteiger partial charge in [-0.05, 0) is 43.0 Å². The van der Waals surface area contributed by atoms with Gasteiger partial charge in [0.05, 0.1) is 6.61 Å². The quantitative estimate of drug-likeness (QED) is 0.820. The fourth-order valence-corrected chi connectivity index (χ4v) is 2.55. The van der Waals surface area contributed by atoms with Crippen LogP contribution in [0.5, 0.6) is 0 Å². The molecule has 0 aliphatic heterocycles. The van der Waals surface area contributed by atoms with E-state index in [9.17, 15) is 9.50 Å². The molecule has 0 saturated heterocycles. The van der Waals surface area contributed by atoms with Gasteiger partial charge in [-0.15, -0.1) is 0 Å². The van der Waals surface area contributed by atoms with Crippen molar-refractivity contribution < 1.29 is 9.50 Å². The van der Waals surface area contributed by atoms with Crippen molar-refractivity contribution in [3.63, 3.8) is 0 Å². The number of halogens is 1. The third-order valence-corrected chi connectivity index (χ3v) is 3.50. The van der Waals surface area contributed by atoms with Gasteiger partial charge in [0, 0.05) is 12.1 Å². The third-order valence-electron chi connectivity index (χ3n) is 3.50. The fraction of sp³-hybridized carbons (Fsp3) is 0.333. The van der Waals surface area contributed by atoms with Gasteiger partial charge < -0.3 is 10.4 Å². The summed E-state index contributed by atoms with van der Waals surface area (Å²) in [6.45, 7) is 2.14. The number of rotatable bonds is 7. The van der Waals surface area contributed by atoms with E-state index in [0.29, 0.717) is 0 Å². The zero-order valence-electron chi connectivity index (χ0n) is 12.3. The Morgan fingerprint density at radius 3 is 2.38 bits per heavy atom. The van der Waals surface area contributed by atoms with Gasteiger partial charge in [-0.3, -0.25) is 0 Å². The van der Waals surface area contributed by atoms with Crippen LogP contribution >= 0.6 is 0 Å². The van der Waals surface area contributed by atoms with E-state index in [1.54, 1.807) is 12.1 Å². The summed E-state index contributed by atoms with van der Waals surface area (Å²) in [7, 11) is 0. The van der Waals surface area contributed by atoms with Crippen molar-refractivity contribution in [1.29, 1.82) is 0 Å². The molecule has 0 fully saturated rings. The molecular weight excluding hydrogens is 265 g/mol. The topological polar surface area (TPSA) is 32.3 Å². The number of aliphatic hydroxyl groups is 1. The van der Waals surface area contributed by atoms with Crippen LogP contribution in [0.4, 0.5) is 4.39 Å². The first-order chi connectivity index (χ1) is 10.2. The normalized spacial score (nSPS) is 13.9. The van der Waals surface area contributed by atoms with Gasteiger partial charge in [0.15, 0.2) is 0 Å². The van der Waals surface area contributed by atoms with Gasteiger partial charge in [0.1, 0.15) is 5.82 Å². The van der Waals surface area contributed by atoms with Crippen LogP contribution in [0.15, 0.2) is 54.6 Å². The molecule has 2 atom stereocenters. The Kier molecular flexibility index (Phi) is 5.90. The molecule has 0 aliphatic carbocycles. The molecule has 0 aromatic heterocycles. The summed E-state index contributed by atoms with van der Waals surface area (Å²) < 4.78 is 13.2. The number of nitrogens with one attached hydrogen (secondary N) is 1. The van der Waals surface area contributed by atoms with E-state index in [-0.39, 0.29) is 24.5 Å². The Hall–Kier alpha value is -1.71. The van der Waals surface area contributed by atoms with Crippen LogP contribution in [0.25, 0.3) is 0 Å². The molecule has 2 nitrogen and oxygen atoms in total. The monoisotopic (exact) mass is 287 g/mol. The minimum absolute atomic E-state index is 0.0101. The zero-order chi connectivity index (χ0) is 15.1. The van der Waals surface area contributed by atoms with Crippen LogP contribution in [-0.4, -0.2) is 23.8 Å². The molecule has 0 aliphatic rings. The lowest BCUT2D eigenvalue weighted by atomic mass is 10.0. The second-order valence-electron chi connectivity index (χ2n) is 5.47. The van der Waals surface area contributed by atoms with Crippen LogP contribution in [-0.2, 0) is 12.8 Å². The predicted molar refractivity (Wildman–Crippen MR) is 83.7 cm³/mol. The highest BCUT2D eigenvalue weighted by Crippen LogP contribution is 2.08. The minimum atomic E-state index is -0.206. The molecule has 2 rings (SSSR count). The maximum atomic E-state index is 13.2. The molecule has 3 heteroatoms. The molecule has 2 aromatic carbocycles. The maximum Gasteiger partial charge on any atom is 0.123 e. The average Bonchev–Trinajstić information content (AvgIpc) is 2.47. The highest BCUT2D eigenvalue weighted by Gasteiger charge is 2.12. The zero-order valence-corrected chi connectivity index (χ0v) is 12.3. The number of hydrogen-bond donors (Lipinski definition) is 2. The van der Waals surface area contributed by atoms with E-state index in [2.05, 4.69) is 24.4 Å². The fourth-order valence-electron chi connectivity index (χ4n) is 2.55. The third kappa shape index (κ3) is 5.29. The summed E-state index contributed by atoms with van der Waals surface area (Å²) >= 11 is 0. The first-order valence-corrected chi connectivity index (χ1v) is 7.32. The van der Waals surface area contributed by atoms with Crippen molar-refractivity contribution in [2.24, 2.45) is 0 Å². The van der Waals surface area contributed by atoms with E-state index in [0.717, 1.165) is 18.4 Å². The Bertz CT molecular complexity index is 544. The molecule has 0 heterocycles. The Morgan fingerprint density at radius 2 is 1.71 bits per heavy atom. The maximum absolute atomic E-state index is 13.2. The highest BCUT2D eigenvalue weighted by atomic mass is 19.1. The van der Waals surface area contributed by atoms with Crippen LogP contribution in [0.2, 0.25) is 0 Å². The molecule has 1 unspecified atom stereocenters. The molecule has 0 spiro atoms. The van der Waals surface area contributed by atoms with Crippen molar-refractivity contribution >= 4 is 0 Å². The van der Waals surface area contributed by atoms with Gasteiger partial charge in [-0.2, -0.15) is 0 Å². The molecule has 2 N–H and O–H groups in total. The van der Waals surface area contributed by atoms with Gasteiger partial charge in [0.25, 0.3) is 0 Å². The van der Waals surface area contributed by atoms with Gasteiger partial charge in [-0.25, -0.2) is 4.39 Å². The van der Waals surface area contributed by atoms with E-state index < -0.39 is 0 Å². The van der Waals surface area contributed by atoms with E-state index in [1.165, 1.54) is 11.6 Å². The Labute approximate surface area is 125 Å². The summed E-state index contributed by atoms with van der Waals surface area (Å²) in [5, 5.41) is 12.9. The van der Waals surface area contributed by atoms with E-state index in [4.69, 9.17) is 0 Å². The minimum Gasteiger partial charge on any atom is -0.395 e. The summed E-state index contributed by atoms with van der Waals surface area (Å²) in [4.78, 5) is 0. The van der Waals surface area contributed by atoms with Crippen LogP contribution in [0, 0.1) is 5.82 Å². The summed E-state index contributed by atoms with van der Waals surface area (Å²) in [5.41, 5.74) is 2.16. The largest absolute Gasteiger partial charge is 0.395 e. The van der Waals surface area contributed by atoms with Gasteiger partial charge in [0.2, 0.25) is 0 Å². The standard InChI is InChI=1S/C18H22FNO/c1-14(10-16-8-5-9-17(19)11-16)20-18(13-21)12-15-6-3-2-4-7-15/h2-9,11,14,18,20-21H,10,12-13H2,1H3/t14?,18-/m0/s1. The number of hydrogen-bond acceptors (Lipinski definition) is 2. The molecule has 0 saturated carbocycles. The average molecular weight is 287 g/mol. The molecule has 0 amide bonds. The van der Waals surface area contributed by atoms with Gasteiger partial charge in [-0.1, -0.05) is 42.5 Å². The number of aliphatic hydroxyl groups excluding tert-OH is 1. The Morgan fingerprint density at radius 1 is 1.00 bits per heavy atom. The lowest BCUT2D eigenvalue weighted by Crippen LogP contribution is -2.41. The first kappa shape index (κ1) is 15.7. The van der Waals surface area contributed by atoms with Gasteiger partial charge >= 0.3 is 0 Å². The number of benzene rings is 2. The van der Waals surface area contributed by atoms with Crippen LogP contribution in [0.1, 0.15) is 18.1 Å². The SMILES string of the molecule is CC(Cc1cccc(F)c1)N[C@H](CO)Cc1ccccc1. The molecule has 0 radical (unpaired) electrons. The second-order valence-corrected chi connectivity index (χ2v) is 5.47. The van der Waals surface area contributed by atoms with Crippen molar-refractivity contribution in [3.8, 4) is 0 Å². The lowest BCUT2D eigenvalue weighted by Gasteiger charge is -2.22. The molecule has 112 valence electrons. The van der Waals surface area contributed by atoms with Crippen molar-refractivity contribution in [1.82, 2.24) is 5.32 Å². The van der Waals surface area contributed by atoms with E-state index >= 15 is 0 Å². The second kappa shape index (κ2) is 7.91.